The van der Waals surface area contributed by atoms with Crippen LogP contribution in [0.5, 0.6) is 0 Å². The fourth-order valence-electron chi connectivity index (χ4n) is 21.7. The Morgan fingerprint density at radius 1 is 0.140 bits per heavy atom. The Labute approximate surface area is 793 Å². The van der Waals surface area contributed by atoms with Crippen LogP contribution >= 0.6 is 22.7 Å². The van der Waals surface area contributed by atoms with E-state index in [4.69, 9.17) is 0 Å². The highest BCUT2D eigenvalue weighted by molar-refractivity contribution is 7.26. The second-order valence-corrected chi connectivity index (χ2v) is 37.9. The molecule has 0 aliphatic rings. The van der Waals surface area contributed by atoms with Gasteiger partial charge in [0.2, 0.25) is 0 Å². The van der Waals surface area contributed by atoms with Crippen molar-refractivity contribution in [1.82, 2.24) is 9.13 Å². The van der Waals surface area contributed by atoms with E-state index in [0.29, 0.717) is 0 Å². The lowest BCUT2D eigenvalue weighted by Gasteiger charge is -2.26. The van der Waals surface area contributed by atoms with Crippen molar-refractivity contribution in [3.05, 3.63) is 497 Å². The minimum absolute atomic E-state index is 1.10. The van der Waals surface area contributed by atoms with Crippen LogP contribution in [0, 0.1) is 0 Å². The van der Waals surface area contributed by atoms with Crippen molar-refractivity contribution in [3.63, 3.8) is 0 Å². The molecule has 0 atom stereocenters. The van der Waals surface area contributed by atoms with Crippen LogP contribution in [0.3, 0.4) is 0 Å². The van der Waals surface area contributed by atoms with Crippen molar-refractivity contribution in [2.75, 3.05) is 9.80 Å². The van der Waals surface area contributed by atoms with E-state index in [1.165, 1.54) is 215 Å². The summed E-state index contributed by atoms with van der Waals surface area (Å²) in [6.45, 7) is 0. The van der Waals surface area contributed by atoms with Crippen LogP contribution < -0.4 is 9.80 Å². The number of hydrogen-bond acceptors (Lipinski definition) is 4. The molecule has 0 aliphatic heterocycles. The van der Waals surface area contributed by atoms with Gasteiger partial charge < -0.3 is 18.9 Å². The number of nitrogens with zero attached hydrogens (tertiary/aromatic N) is 4. The average molecular weight is 1760 g/mol. The average Bonchev–Trinajstić information content (AvgIpc) is 0.901. The number of fused-ring (bicyclic) bond motifs is 25. The predicted octanol–water partition coefficient (Wildman–Crippen LogP) is 37.7. The molecular formula is C130H82N4S2. The van der Waals surface area contributed by atoms with Crippen molar-refractivity contribution in [2.24, 2.45) is 0 Å². The van der Waals surface area contributed by atoms with Crippen LogP contribution in [0.25, 0.3) is 226 Å². The fourth-order valence-corrected chi connectivity index (χ4v) is 23.9. The van der Waals surface area contributed by atoms with E-state index >= 15 is 0 Å². The van der Waals surface area contributed by atoms with E-state index in [9.17, 15) is 0 Å². The van der Waals surface area contributed by atoms with Gasteiger partial charge in [-0.3, -0.25) is 0 Å². The predicted molar refractivity (Wildman–Crippen MR) is 586 cm³/mol. The zero-order valence-electron chi connectivity index (χ0n) is 73.9. The van der Waals surface area contributed by atoms with Crippen LogP contribution in [0.15, 0.2) is 497 Å². The summed E-state index contributed by atoms with van der Waals surface area (Å²) in [5.74, 6) is 0. The highest BCUT2D eigenvalue weighted by atomic mass is 32.1. The number of hydrogen-bond donors (Lipinski definition) is 0. The number of thiophene rings is 2. The largest absolute Gasteiger partial charge is 0.310 e. The third-order valence-electron chi connectivity index (χ3n) is 28.1. The molecule has 6 heteroatoms. The topological polar surface area (TPSA) is 16.3 Å². The first kappa shape index (κ1) is 78.6. The van der Waals surface area contributed by atoms with E-state index < -0.39 is 0 Å². The number of para-hydroxylation sites is 2. The van der Waals surface area contributed by atoms with Crippen molar-refractivity contribution >= 4 is 216 Å². The molecule has 4 heterocycles. The Morgan fingerprint density at radius 3 is 0.794 bits per heavy atom. The summed E-state index contributed by atoms with van der Waals surface area (Å²) in [5, 5.41) is 27.8. The highest BCUT2D eigenvalue weighted by Crippen LogP contribution is 2.50. The summed E-state index contributed by atoms with van der Waals surface area (Å²) in [4.78, 5) is 4.87. The van der Waals surface area contributed by atoms with Gasteiger partial charge in [0.05, 0.1) is 22.1 Å². The third kappa shape index (κ3) is 13.2. The first-order chi connectivity index (χ1) is 67.4. The molecule has 4 aromatic heterocycles. The second-order valence-electron chi connectivity index (χ2n) is 35.7. The van der Waals surface area contributed by atoms with E-state index in [2.05, 4.69) is 516 Å². The van der Waals surface area contributed by atoms with Crippen molar-refractivity contribution in [1.29, 1.82) is 0 Å². The summed E-state index contributed by atoms with van der Waals surface area (Å²) in [7, 11) is 0. The van der Waals surface area contributed by atoms with Gasteiger partial charge >= 0.3 is 0 Å². The lowest BCUT2D eigenvalue weighted by atomic mass is 9.94. The molecule has 28 aromatic rings. The Morgan fingerprint density at radius 2 is 0.397 bits per heavy atom. The first-order valence-corrected chi connectivity index (χ1v) is 48.3. The van der Waals surface area contributed by atoms with Crippen LogP contribution in [-0.2, 0) is 0 Å². The van der Waals surface area contributed by atoms with Gasteiger partial charge in [-0.1, -0.05) is 328 Å². The Balaban J connectivity index is 0.000000138. The zero-order chi connectivity index (χ0) is 89.4. The molecule has 136 heavy (non-hydrogen) atoms. The maximum absolute atomic E-state index is 2.44. The monoisotopic (exact) mass is 1760 g/mol. The van der Waals surface area contributed by atoms with Crippen LogP contribution in [0.4, 0.5) is 34.1 Å². The van der Waals surface area contributed by atoms with Crippen molar-refractivity contribution < 1.29 is 0 Å². The Bertz CT molecular complexity index is 9590. The molecule has 0 fully saturated rings. The molecule has 0 spiro atoms. The highest BCUT2D eigenvalue weighted by Gasteiger charge is 2.24. The SMILES string of the molecule is c1ccc(-c2ccc(-c3ccc4c(c3)c3cc(-c5ccc(N(c6ccc7sc8ccccc8c7c6)c6ccc7c8ccccc8c8ccccc8c7c6)cc5)ccc3n4-c3ccccc3)cc2)cc1.c1ccc(-n2c3ccc(-c4ccc(N(c5ccc6sc7ccccc7c6c5)c5ccc6c7ccccc7c7ccccc7c6c5)cc4)cc3c3cc(-c4cccc5ccccc45)ccc32)cc1. The zero-order valence-corrected chi connectivity index (χ0v) is 75.6. The van der Waals surface area contributed by atoms with Gasteiger partial charge in [-0.2, -0.15) is 0 Å². The van der Waals surface area contributed by atoms with Gasteiger partial charge in [0, 0.05) is 107 Å². The minimum Gasteiger partial charge on any atom is -0.310 e. The molecular weight excluding hydrogens is 1680 g/mol. The maximum atomic E-state index is 2.44. The fraction of sp³-hybridized carbons (Fsp3) is 0. The number of aromatic nitrogens is 2. The normalized spacial score (nSPS) is 11.8. The summed E-state index contributed by atoms with van der Waals surface area (Å²) in [6.07, 6.45) is 0. The van der Waals surface area contributed by atoms with Crippen molar-refractivity contribution in [3.8, 4) is 67.0 Å². The van der Waals surface area contributed by atoms with Crippen molar-refractivity contribution in [2.45, 2.75) is 0 Å². The molecule has 4 nitrogen and oxygen atoms in total. The Hall–Kier alpha value is -17.3. The summed E-state index contributed by atoms with van der Waals surface area (Å²) >= 11 is 3.72. The third-order valence-corrected chi connectivity index (χ3v) is 30.4. The van der Waals surface area contributed by atoms with Crippen LogP contribution in [0.2, 0.25) is 0 Å². The van der Waals surface area contributed by atoms with Gasteiger partial charge in [0.15, 0.2) is 0 Å². The number of rotatable bonds is 13. The molecule has 0 radical (unpaired) electrons. The first-order valence-electron chi connectivity index (χ1n) is 46.6. The number of anilines is 6. The minimum atomic E-state index is 1.10. The maximum Gasteiger partial charge on any atom is 0.0541 e. The molecule has 0 saturated heterocycles. The van der Waals surface area contributed by atoms with Gasteiger partial charge in [-0.15, -0.1) is 22.7 Å². The molecule has 0 bridgehead atoms. The lowest BCUT2D eigenvalue weighted by molar-refractivity contribution is 1.18. The van der Waals surface area contributed by atoms with E-state index in [1.54, 1.807) is 0 Å². The van der Waals surface area contributed by atoms with E-state index in [1.807, 2.05) is 22.7 Å². The molecule has 634 valence electrons. The standard InChI is InChI=1S/C66H42N2S.C64H40N2S/c1-3-13-43(14-4-1)44-23-25-45(26-24-44)47-29-36-63-60(39-47)61-40-48(30-37-64(61)68(63)49-15-5-2-6-16-49)46-27-31-50(32-28-46)67(52-34-38-66-62(42-52)58-21-11-12-22-65(58)69-66)51-33-35-57-55-19-8-7-17-53(55)54-18-9-10-20-56(54)59(57)41-51;1-2-15-45(16-3-1)66-61-34-27-43(37-58(61)59-38-44(28-35-62(59)66)50-23-12-14-42-13-4-5-17-49(42)50)41-25-29-46(30-26-41)65(48-32-36-64-60(40-48)56-22-10-11-24-63(56)67-64)47-31-33-55-53-20-7-6-18-51(53)52-19-8-9-21-54(52)57(55)39-47/h1-42H;1-40H. The molecule has 0 unspecified atom stereocenters. The summed E-state index contributed by atoms with van der Waals surface area (Å²) < 4.78 is 10.0. The smallest absolute Gasteiger partial charge is 0.0541 e. The molecule has 0 saturated carbocycles. The molecule has 0 amide bonds. The van der Waals surface area contributed by atoms with Crippen LogP contribution in [0.1, 0.15) is 0 Å². The van der Waals surface area contributed by atoms with E-state index in [-0.39, 0.29) is 0 Å². The lowest BCUT2D eigenvalue weighted by Crippen LogP contribution is -2.10. The molecule has 0 N–H and O–H groups in total. The molecule has 28 rings (SSSR count). The van der Waals surface area contributed by atoms with Gasteiger partial charge in [0.1, 0.15) is 0 Å². The van der Waals surface area contributed by atoms with Crippen LogP contribution in [-0.4, -0.2) is 9.13 Å². The number of benzene rings is 24. The quantitative estimate of drug-likeness (QED) is 0.107. The second kappa shape index (κ2) is 32.3. The molecule has 0 aliphatic carbocycles. The van der Waals surface area contributed by atoms with Gasteiger partial charge in [-0.05, 0) is 301 Å². The van der Waals surface area contributed by atoms with E-state index in [0.717, 1.165) is 45.5 Å². The summed E-state index contributed by atoms with van der Waals surface area (Å²) in [5.41, 5.74) is 25.8. The Kier molecular flexibility index (Phi) is 18.7. The molecule has 24 aromatic carbocycles. The van der Waals surface area contributed by atoms with Gasteiger partial charge in [0.25, 0.3) is 0 Å². The van der Waals surface area contributed by atoms with Gasteiger partial charge in [-0.25, -0.2) is 0 Å². The summed E-state index contributed by atoms with van der Waals surface area (Å²) in [6, 6.07) is 183.